The number of hydrogen-bond acceptors (Lipinski definition) is 3. The Morgan fingerprint density at radius 1 is 0.314 bits per heavy atom. The Hall–Kier alpha value is -7.56. The average Bonchev–Trinajstić information content (AvgIpc) is 3.39. The van der Waals surface area contributed by atoms with Crippen LogP contribution in [-0.2, 0) is 0 Å². The van der Waals surface area contributed by atoms with Gasteiger partial charge in [0.05, 0.1) is 5.69 Å². The fourth-order valence-electron chi connectivity index (χ4n) is 10.8. The molecule has 0 aromatic heterocycles. The zero-order valence-electron chi connectivity index (χ0n) is 41.9. The predicted molar refractivity (Wildman–Crippen MR) is 302 cm³/mol. The van der Waals surface area contributed by atoms with Crippen LogP contribution in [0.3, 0.4) is 0 Å². The van der Waals surface area contributed by atoms with Crippen LogP contribution < -0.4 is 31.1 Å². The second kappa shape index (κ2) is 18.4. The van der Waals surface area contributed by atoms with Crippen molar-refractivity contribution in [3.63, 3.8) is 0 Å². The van der Waals surface area contributed by atoms with E-state index in [0.29, 0.717) is 23.7 Å². The van der Waals surface area contributed by atoms with E-state index < -0.39 is 0 Å². The van der Waals surface area contributed by atoms with E-state index in [0.717, 1.165) is 28.4 Å². The summed E-state index contributed by atoms with van der Waals surface area (Å²) in [5, 5.41) is 0. The predicted octanol–water partition coefficient (Wildman–Crippen LogP) is 17.1. The van der Waals surface area contributed by atoms with Gasteiger partial charge >= 0.3 is 0 Å². The molecule has 70 heavy (non-hydrogen) atoms. The highest BCUT2D eigenvalue weighted by molar-refractivity contribution is 7.00. The van der Waals surface area contributed by atoms with Crippen LogP contribution in [0.4, 0.5) is 51.2 Å². The van der Waals surface area contributed by atoms with E-state index in [9.17, 15) is 0 Å². The van der Waals surface area contributed by atoms with Crippen LogP contribution in [0.5, 0.6) is 0 Å². The van der Waals surface area contributed by atoms with Crippen molar-refractivity contribution in [2.75, 3.05) is 14.7 Å². The lowest BCUT2D eigenvalue weighted by molar-refractivity contribution is 0.866. The molecule has 0 unspecified atom stereocenters. The molecular weight excluding hydrogens is 846 g/mol. The molecule has 0 saturated heterocycles. The highest BCUT2D eigenvalue weighted by atomic mass is 15.2. The van der Waals surface area contributed by atoms with E-state index in [1.165, 1.54) is 83.6 Å². The second-order valence-electron chi connectivity index (χ2n) is 20.6. The van der Waals surface area contributed by atoms with Gasteiger partial charge in [-0.05, 0) is 157 Å². The first-order chi connectivity index (χ1) is 34.0. The van der Waals surface area contributed by atoms with Gasteiger partial charge < -0.3 is 14.7 Å². The van der Waals surface area contributed by atoms with E-state index in [2.05, 4.69) is 276 Å². The number of anilines is 9. The van der Waals surface area contributed by atoms with Crippen molar-refractivity contribution in [2.45, 2.75) is 79.1 Å². The third-order valence-electron chi connectivity index (χ3n) is 14.7. The number of fused-ring (bicyclic) bond motifs is 4. The third-order valence-corrected chi connectivity index (χ3v) is 14.7. The molecule has 0 bridgehead atoms. The first kappa shape index (κ1) is 44.9. The fourth-order valence-corrected chi connectivity index (χ4v) is 10.8. The molecule has 9 aromatic carbocycles. The smallest absolute Gasteiger partial charge is 0.252 e. The van der Waals surface area contributed by atoms with Gasteiger partial charge in [0.15, 0.2) is 0 Å². The summed E-state index contributed by atoms with van der Waals surface area (Å²) < 4.78 is 0. The van der Waals surface area contributed by atoms with Gasteiger partial charge in [0.25, 0.3) is 6.71 Å². The Morgan fingerprint density at radius 2 is 0.686 bits per heavy atom. The molecule has 3 nitrogen and oxygen atoms in total. The monoisotopic (exact) mass is 908 g/mol. The minimum Gasteiger partial charge on any atom is -0.311 e. The van der Waals surface area contributed by atoms with Crippen molar-refractivity contribution < 1.29 is 0 Å². The van der Waals surface area contributed by atoms with Gasteiger partial charge in [0.2, 0.25) is 0 Å². The van der Waals surface area contributed by atoms with Crippen LogP contribution in [0.1, 0.15) is 101 Å². The minimum absolute atomic E-state index is 0.00454. The Bertz CT molecular complexity index is 3120. The molecule has 0 amide bonds. The summed E-state index contributed by atoms with van der Waals surface area (Å²) in [5.41, 5.74) is 24.5. The maximum atomic E-state index is 2.57. The first-order valence-corrected chi connectivity index (χ1v) is 25.4. The van der Waals surface area contributed by atoms with E-state index in [1.807, 2.05) is 0 Å². The van der Waals surface area contributed by atoms with Crippen LogP contribution in [-0.4, -0.2) is 6.71 Å². The molecule has 11 rings (SSSR count). The molecule has 0 saturated carbocycles. The summed E-state index contributed by atoms with van der Waals surface area (Å²) in [6.45, 7) is 18.4. The quantitative estimate of drug-likeness (QED) is 0.120. The standard InChI is InChI=1S/C66H62BN3/c1-43(2)47-25-31-55(32-26-47)69-62-35-29-51(45(5)6)39-60(62)67-61-40-52(46(7)8)30-36-63(61)70(56-33-27-48(28-34-56)44(3)4)65-42-59(41-64(69)66(65)67)68(57-23-15-21-53(37-57)49-17-11-9-12-18-49)58-24-16-22-54(38-58)50-19-13-10-14-20-50/h9-46H,1-8H3. The van der Waals surface area contributed by atoms with E-state index in [-0.39, 0.29) is 6.71 Å². The van der Waals surface area contributed by atoms with Gasteiger partial charge in [-0.1, -0.05) is 189 Å². The van der Waals surface area contributed by atoms with Crippen LogP contribution in [0.15, 0.2) is 206 Å². The highest BCUT2D eigenvalue weighted by Gasteiger charge is 2.44. The van der Waals surface area contributed by atoms with Crippen molar-refractivity contribution in [1.82, 2.24) is 0 Å². The molecule has 4 heteroatoms. The lowest BCUT2D eigenvalue weighted by atomic mass is 9.33. The molecule has 0 fully saturated rings. The molecule has 2 heterocycles. The summed E-state index contributed by atoms with van der Waals surface area (Å²) in [4.78, 5) is 7.62. The van der Waals surface area contributed by atoms with Gasteiger partial charge in [0.1, 0.15) is 0 Å². The van der Waals surface area contributed by atoms with Crippen LogP contribution in [0.2, 0.25) is 0 Å². The molecule has 0 N–H and O–H groups in total. The molecule has 9 aromatic rings. The third kappa shape index (κ3) is 8.09. The number of benzene rings is 9. The van der Waals surface area contributed by atoms with Gasteiger partial charge in [0, 0.05) is 45.5 Å². The van der Waals surface area contributed by atoms with E-state index in [1.54, 1.807) is 0 Å². The molecule has 0 aliphatic carbocycles. The van der Waals surface area contributed by atoms with Gasteiger partial charge in [-0.15, -0.1) is 0 Å². The zero-order chi connectivity index (χ0) is 48.2. The Labute approximate surface area is 416 Å². The molecule has 344 valence electrons. The number of rotatable bonds is 11. The summed E-state index contributed by atoms with van der Waals surface area (Å²) >= 11 is 0. The zero-order valence-corrected chi connectivity index (χ0v) is 41.9. The maximum absolute atomic E-state index is 2.57. The van der Waals surface area contributed by atoms with Crippen LogP contribution in [0.25, 0.3) is 22.3 Å². The highest BCUT2D eigenvalue weighted by Crippen LogP contribution is 2.49. The Morgan fingerprint density at radius 3 is 1.07 bits per heavy atom. The van der Waals surface area contributed by atoms with Crippen molar-refractivity contribution in [3.05, 3.63) is 229 Å². The maximum Gasteiger partial charge on any atom is 0.252 e. The van der Waals surface area contributed by atoms with Crippen molar-refractivity contribution in [3.8, 4) is 22.3 Å². The van der Waals surface area contributed by atoms with Crippen molar-refractivity contribution in [1.29, 1.82) is 0 Å². The summed E-state index contributed by atoms with van der Waals surface area (Å²) in [5.74, 6) is 1.59. The van der Waals surface area contributed by atoms with Crippen LogP contribution in [0, 0.1) is 0 Å². The average molecular weight is 908 g/mol. The Kier molecular flexibility index (Phi) is 11.8. The van der Waals surface area contributed by atoms with Gasteiger partial charge in [-0.2, -0.15) is 0 Å². The van der Waals surface area contributed by atoms with E-state index >= 15 is 0 Å². The summed E-state index contributed by atoms with van der Waals surface area (Å²) in [6.07, 6.45) is 0. The fraction of sp³-hybridized carbons (Fsp3) is 0.182. The largest absolute Gasteiger partial charge is 0.311 e. The minimum atomic E-state index is -0.00454. The lowest BCUT2D eigenvalue weighted by Gasteiger charge is -2.45. The van der Waals surface area contributed by atoms with Gasteiger partial charge in [-0.3, -0.25) is 0 Å². The SMILES string of the molecule is CC(C)c1ccc(N2c3ccc(C(C)C)cc3B3c4cc(C(C)C)ccc4N(c4ccc(C(C)C)cc4)c4cc(N(c5cccc(-c6ccccc6)c5)c5cccc(-c6ccccc6)c5)cc2c43)cc1. The Balaban J connectivity index is 1.25. The summed E-state index contributed by atoms with van der Waals surface area (Å²) in [7, 11) is 0. The molecule has 2 aliphatic heterocycles. The molecule has 0 spiro atoms. The normalized spacial score (nSPS) is 12.7. The number of nitrogens with zero attached hydrogens (tertiary/aromatic N) is 3. The van der Waals surface area contributed by atoms with Gasteiger partial charge in [-0.25, -0.2) is 0 Å². The van der Waals surface area contributed by atoms with E-state index in [4.69, 9.17) is 0 Å². The second-order valence-corrected chi connectivity index (χ2v) is 20.6. The molecule has 0 atom stereocenters. The number of hydrogen-bond donors (Lipinski definition) is 0. The molecule has 0 radical (unpaired) electrons. The molecular formula is C66H62BN3. The van der Waals surface area contributed by atoms with Crippen molar-refractivity contribution in [2.24, 2.45) is 0 Å². The topological polar surface area (TPSA) is 9.72 Å². The van der Waals surface area contributed by atoms with Crippen LogP contribution >= 0.6 is 0 Å². The summed E-state index contributed by atoms with van der Waals surface area (Å²) in [6, 6.07) is 77.9. The molecule has 2 aliphatic rings. The lowest BCUT2D eigenvalue weighted by Crippen LogP contribution is -2.61. The van der Waals surface area contributed by atoms with Crippen molar-refractivity contribution >= 4 is 74.3 Å². The first-order valence-electron chi connectivity index (χ1n) is 25.4.